The van der Waals surface area contributed by atoms with Gasteiger partial charge in [0.15, 0.2) is 0 Å². The second-order valence-corrected chi connectivity index (χ2v) is 9.62. The normalized spacial score (nSPS) is 16.4. The molecule has 4 aromatic rings. The number of piperazine rings is 1. The Morgan fingerprint density at radius 2 is 1.82 bits per heavy atom. The zero-order valence-corrected chi connectivity index (χ0v) is 20.9. The van der Waals surface area contributed by atoms with Crippen molar-refractivity contribution in [3.63, 3.8) is 0 Å². The number of nitrogens with one attached hydrogen (secondary N) is 1. The molecular formula is C28H27N9O. The molecule has 10 heteroatoms. The molecule has 0 bridgehead atoms. The third-order valence-electron chi connectivity index (χ3n) is 7.42. The number of rotatable bonds is 4. The van der Waals surface area contributed by atoms with Crippen LogP contribution in [0.2, 0.25) is 0 Å². The molecule has 2 fully saturated rings. The fourth-order valence-electron chi connectivity index (χ4n) is 5.30. The Kier molecular flexibility index (Phi) is 6.24. The monoisotopic (exact) mass is 505 g/mol. The number of piperidine rings is 1. The van der Waals surface area contributed by atoms with Gasteiger partial charge in [-0.1, -0.05) is 0 Å². The van der Waals surface area contributed by atoms with Gasteiger partial charge in [0.1, 0.15) is 11.9 Å². The minimum atomic E-state index is -0.271. The van der Waals surface area contributed by atoms with Gasteiger partial charge in [0.2, 0.25) is 0 Å². The number of anilines is 1. The van der Waals surface area contributed by atoms with Crippen LogP contribution in [-0.4, -0.2) is 74.5 Å². The lowest BCUT2D eigenvalue weighted by molar-refractivity contribution is -0.125. The van der Waals surface area contributed by atoms with Crippen molar-refractivity contribution < 1.29 is 4.79 Å². The van der Waals surface area contributed by atoms with Crippen LogP contribution in [0.25, 0.3) is 27.8 Å². The highest BCUT2D eigenvalue weighted by Crippen LogP contribution is 2.33. The smallest absolute Gasteiger partial charge is 0.298 e. The van der Waals surface area contributed by atoms with Crippen LogP contribution in [-0.2, 0) is 4.79 Å². The van der Waals surface area contributed by atoms with Crippen molar-refractivity contribution in [3.8, 4) is 40.7 Å². The van der Waals surface area contributed by atoms with Crippen LogP contribution >= 0.6 is 0 Å². The second-order valence-electron chi connectivity index (χ2n) is 9.62. The molecule has 2 aliphatic rings. The summed E-state index contributed by atoms with van der Waals surface area (Å²) in [6, 6.07) is 8.75. The summed E-state index contributed by atoms with van der Waals surface area (Å²) in [4.78, 5) is 20.3. The molecule has 2 saturated heterocycles. The average Bonchev–Trinajstić information content (AvgIpc) is 3.65. The molecule has 10 nitrogen and oxygen atoms in total. The molecule has 190 valence electrons. The van der Waals surface area contributed by atoms with E-state index in [1.54, 1.807) is 15.6 Å². The fraction of sp³-hybridized carbons (Fsp3) is 0.321. The molecule has 0 atom stereocenters. The van der Waals surface area contributed by atoms with E-state index >= 15 is 0 Å². The van der Waals surface area contributed by atoms with Crippen LogP contribution in [0.1, 0.15) is 24.4 Å². The van der Waals surface area contributed by atoms with Crippen LogP contribution in [0, 0.1) is 23.7 Å². The van der Waals surface area contributed by atoms with Crippen LogP contribution in [0.3, 0.4) is 0 Å². The minimum absolute atomic E-state index is 0.271. The van der Waals surface area contributed by atoms with Crippen molar-refractivity contribution >= 4 is 17.2 Å². The summed E-state index contributed by atoms with van der Waals surface area (Å²) in [6.07, 6.45) is 16.7. The highest BCUT2D eigenvalue weighted by atomic mass is 16.2. The van der Waals surface area contributed by atoms with Crippen molar-refractivity contribution in [2.75, 3.05) is 44.2 Å². The van der Waals surface area contributed by atoms with E-state index in [1.165, 1.54) is 0 Å². The van der Waals surface area contributed by atoms with Crippen LogP contribution in [0.4, 0.5) is 5.82 Å². The van der Waals surface area contributed by atoms with Crippen LogP contribution < -0.4 is 10.2 Å². The van der Waals surface area contributed by atoms with E-state index in [1.807, 2.05) is 30.7 Å². The first-order valence-corrected chi connectivity index (χ1v) is 12.8. The standard InChI is InChI=1S/C28H27N9O/c1-2-27(38)35-11-9-34(10-12-35)26-4-3-20(15-31-26)25-13-21(18-37-28(25)22(14-29)16-33-37)23-17-32-36(19-23)24-5-7-30-8-6-24/h1,3-4,13,15-19,24,30H,5-12H2. The Morgan fingerprint density at radius 3 is 2.53 bits per heavy atom. The van der Waals surface area contributed by atoms with E-state index in [4.69, 9.17) is 11.4 Å². The topological polar surface area (TPSA) is 107 Å². The number of carbonyl (C=O) groups is 1. The van der Waals surface area contributed by atoms with Crippen molar-refractivity contribution in [2.24, 2.45) is 0 Å². The summed E-state index contributed by atoms with van der Waals surface area (Å²) in [5.41, 5.74) is 5.01. The molecule has 38 heavy (non-hydrogen) atoms. The third kappa shape index (κ3) is 4.36. The number of nitriles is 1. The molecule has 0 aromatic carbocycles. The Morgan fingerprint density at radius 1 is 1.00 bits per heavy atom. The quantitative estimate of drug-likeness (QED) is 0.424. The lowest BCUT2D eigenvalue weighted by Gasteiger charge is -2.34. The van der Waals surface area contributed by atoms with Crippen LogP contribution in [0.5, 0.6) is 0 Å². The first-order chi connectivity index (χ1) is 18.6. The van der Waals surface area contributed by atoms with Crippen LogP contribution in [0.15, 0.2) is 49.2 Å². The molecule has 2 aliphatic heterocycles. The molecular weight excluding hydrogens is 478 g/mol. The Bertz CT molecular complexity index is 1560. The maximum absolute atomic E-state index is 11.8. The first kappa shape index (κ1) is 23.7. The maximum Gasteiger partial charge on any atom is 0.298 e. The van der Waals surface area contributed by atoms with Gasteiger partial charge >= 0.3 is 0 Å². The molecule has 1 N–H and O–H groups in total. The third-order valence-corrected chi connectivity index (χ3v) is 7.42. The van der Waals surface area contributed by atoms with E-state index < -0.39 is 0 Å². The molecule has 0 spiro atoms. The lowest BCUT2D eigenvalue weighted by Crippen LogP contribution is -2.48. The molecule has 0 unspecified atom stereocenters. The van der Waals surface area contributed by atoms with Gasteiger partial charge in [0, 0.05) is 67.0 Å². The van der Waals surface area contributed by atoms with Gasteiger partial charge in [-0.15, -0.1) is 6.42 Å². The van der Waals surface area contributed by atoms with Gasteiger partial charge in [-0.3, -0.25) is 9.48 Å². The summed E-state index contributed by atoms with van der Waals surface area (Å²) in [6.45, 7) is 4.48. The summed E-state index contributed by atoms with van der Waals surface area (Å²) >= 11 is 0. The van der Waals surface area contributed by atoms with E-state index in [2.05, 4.69) is 49.3 Å². The molecule has 4 aromatic heterocycles. The highest BCUT2D eigenvalue weighted by Gasteiger charge is 2.22. The van der Waals surface area contributed by atoms with Gasteiger partial charge in [-0.05, 0) is 50.1 Å². The molecule has 0 radical (unpaired) electrons. The number of terminal acetylenes is 1. The summed E-state index contributed by atoms with van der Waals surface area (Å²) in [5, 5.41) is 22.3. The van der Waals surface area contributed by atoms with Gasteiger partial charge in [0.05, 0.1) is 29.5 Å². The van der Waals surface area contributed by atoms with Crippen molar-refractivity contribution in [1.82, 2.24) is 34.6 Å². The number of fused-ring (bicyclic) bond motifs is 1. The van der Waals surface area contributed by atoms with Gasteiger partial charge in [-0.2, -0.15) is 15.5 Å². The molecule has 0 aliphatic carbocycles. The zero-order chi connectivity index (χ0) is 26.1. The van der Waals surface area contributed by atoms with E-state index in [0.717, 1.165) is 59.5 Å². The largest absolute Gasteiger partial charge is 0.353 e. The Hall–Kier alpha value is -4.67. The summed E-state index contributed by atoms with van der Waals surface area (Å²) in [7, 11) is 0. The number of amides is 1. The van der Waals surface area contributed by atoms with Gasteiger partial charge < -0.3 is 15.1 Å². The minimum Gasteiger partial charge on any atom is -0.353 e. The second kappa shape index (κ2) is 10.0. The van der Waals surface area contributed by atoms with Crippen molar-refractivity contribution in [1.29, 1.82) is 5.26 Å². The van der Waals surface area contributed by atoms with Gasteiger partial charge in [0.25, 0.3) is 5.91 Å². The Labute approximate surface area is 220 Å². The molecule has 1 amide bonds. The molecule has 6 heterocycles. The van der Waals surface area contributed by atoms with E-state index in [9.17, 15) is 10.1 Å². The number of hydrogen-bond donors (Lipinski definition) is 1. The Balaban J connectivity index is 1.31. The fourth-order valence-corrected chi connectivity index (χ4v) is 5.30. The number of nitrogens with zero attached hydrogens (tertiary/aromatic N) is 8. The predicted molar refractivity (Wildman–Crippen MR) is 143 cm³/mol. The summed E-state index contributed by atoms with van der Waals surface area (Å²) in [5.74, 6) is 2.75. The maximum atomic E-state index is 11.8. The highest BCUT2D eigenvalue weighted by molar-refractivity contribution is 5.93. The number of carbonyl (C=O) groups excluding carboxylic acids is 1. The zero-order valence-electron chi connectivity index (χ0n) is 20.9. The number of aromatic nitrogens is 5. The summed E-state index contributed by atoms with van der Waals surface area (Å²) < 4.78 is 3.83. The first-order valence-electron chi connectivity index (χ1n) is 12.8. The number of pyridine rings is 2. The SMILES string of the molecule is C#CC(=O)N1CCN(c2ccc(-c3cc(-c4cnn(C5CCNCC5)c4)cn4ncc(C#N)c34)cn2)CC1. The van der Waals surface area contributed by atoms with Crippen molar-refractivity contribution in [2.45, 2.75) is 18.9 Å². The predicted octanol–water partition coefficient (Wildman–Crippen LogP) is 2.34. The van der Waals surface area contributed by atoms with Crippen molar-refractivity contribution in [3.05, 3.63) is 54.7 Å². The number of hydrogen-bond acceptors (Lipinski definition) is 7. The van der Waals surface area contributed by atoms with E-state index in [-0.39, 0.29) is 5.91 Å². The molecule has 6 rings (SSSR count). The van der Waals surface area contributed by atoms with E-state index in [0.29, 0.717) is 37.8 Å². The van der Waals surface area contributed by atoms with Gasteiger partial charge in [-0.25, -0.2) is 9.50 Å². The lowest BCUT2D eigenvalue weighted by atomic mass is 10.0. The average molecular weight is 506 g/mol. The molecule has 0 saturated carbocycles.